The fourth-order valence-corrected chi connectivity index (χ4v) is 4.17. The van der Waals surface area contributed by atoms with Crippen molar-refractivity contribution in [1.82, 2.24) is 15.0 Å². The molecule has 0 saturated heterocycles. The molecule has 0 amide bonds. The number of aliphatic carboxylic acids is 1. The van der Waals surface area contributed by atoms with E-state index in [0.29, 0.717) is 17.4 Å². The van der Waals surface area contributed by atoms with Crippen LogP contribution in [-0.2, 0) is 11.0 Å². The van der Waals surface area contributed by atoms with Crippen molar-refractivity contribution < 1.29 is 23.1 Å². The SMILES string of the molecule is O=C(O)C[C@H]1CCC[C@@H](Nc2ncc(C(F)(F)F)c(-c3c[nH]c4ccccc34)n2)C1. The van der Waals surface area contributed by atoms with Crippen LogP contribution in [0.1, 0.15) is 37.7 Å². The van der Waals surface area contributed by atoms with Crippen LogP contribution < -0.4 is 5.32 Å². The Morgan fingerprint density at radius 1 is 1.27 bits per heavy atom. The Hall–Kier alpha value is -3.10. The van der Waals surface area contributed by atoms with Gasteiger partial charge >= 0.3 is 12.1 Å². The topological polar surface area (TPSA) is 90.9 Å². The first kappa shape index (κ1) is 20.2. The molecule has 3 N–H and O–H groups in total. The third-order valence-corrected chi connectivity index (χ3v) is 5.52. The van der Waals surface area contributed by atoms with Gasteiger partial charge in [0.2, 0.25) is 5.95 Å². The molecule has 2 atom stereocenters. The lowest BCUT2D eigenvalue weighted by Gasteiger charge is -2.29. The fraction of sp³-hybridized carbons (Fsp3) is 0.381. The standard InChI is InChI=1S/C21H21F3N4O2/c22-21(23,24)16-11-26-20(27-13-5-3-4-12(8-13)9-18(29)30)28-19(16)15-10-25-17-7-2-1-6-14(15)17/h1-2,6-7,10-13,25H,3-5,8-9H2,(H,29,30)(H,26,27,28)/t12-,13+/m0/s1. The maximum absolute atomic E-state index is 13.6. The van der Waals surface area contributed by atoms with E-state index in [1.165, 1.54) is 6.20 Å². The van der Waals surface area contributed by atoms with Gasteiger partial charge in [-0.3, -0.25) is 4.79 Å². The molecule has 1 fully saturated rings. The fourth-order valence-electron chi connectivity index (χ4n) is 4.17. The molecule has 30 heavy (non-hydrogen) atoms. The number of hydrogen-bond acceptors (Lipinski definition) is 4. The third-order valence-electron chi connectivity index (χ3n) is 5.52. The van der Waals surface area contributed by atoms with Crippen LogP contribution in [0, 0.1) is 5.92 Å². The molecule has 0 spiro atoms. The predicted molar refractivity (Wildman–Crippen MR) is 106 cm³/mol. The van der Waals surface area contributed by atoms with E-state index in [9.17, 15) is 18.0 Å². The van der Waals surface area contributed by atoms with Gasteiger partial charge in [0.15, 0.2) is 0 Å². The first-order chi connectivity index (χ1) is 14.3. The minimum atomic E-state index is -4.59. The predicted octanol–water partition coefficient (Wildman–Crippen LogP) is 5.09. The molecular weight excluding hydrogens is 397 g/mol. The smallest absolute Gasteiger partial charge is 0.419 e. The summed E-state index contributed by atoms with van der Waals surface area (Å²) in [5, 5.41) is 12.8. The number of aromatic amines is 1. The summed E-state index contributed by atoms with van der Waals surface area (Å²) in [6, 6.07) is 7.02. The molecule has 2 heterocycles. The molecule has 0 unspecified atom stereocenters. The number of aromatic nitrogens is 3. The number of benzene rings is 1. The second-order valence-corrected chi connectivity index (χ2v) is 7.67. The first-order valence-corrected chi connectivity index (χ1v) is 9.80. The van der Waals surface area contributed by atoms with Gasteiger partial charge in [0.25, 0.3) is 0 Å². The van der Waals surface area contributed by atoms with Gasteiger partial charge in [0.05, 0.1) is 5.69 Å². The van der Waals surface area contributed by atoms with E-state index in [-0.39, 0.29) is 30.0 Å². The van der Waals surface area contributed by atoms with Gasteiger partial charge in [0.1, 0.15) is 5.56 Å². The van der Waals surface area contributed by atoms with Crippen LogP contribution >= 0.6 is 0 Å². The Bertz CT molecular complexity index is 1060. The number of rotatable bonds is 5. The lowest BCUT2D eigenvalue weighted by molar-refractivity contribution is -0.138. The van der Waals surface area contributed by atoms with Crippen LogP contribution in [0.3, 0.4) is 0 Å². The molecule has 158 valence electrons. The number of nitrogens with one attached hydrogen (secondary N) is 2. The van der Waals surface area contributed by atoms with E-state index >= 15 is 0 Å². The highest BCUT2D eigenvalue weighted by Gasteiger charge is 2.36. The summed E-state index contributed by atoms with van der Waals surface area (Å²) >= 11 is 0. The largest absolute Gasteiger partial charge is 0.481 e. The minimum Gasteiger partial charge on any atom is -0.481 e. The normalized spacial score (nSPS) is 19.7. The molecule has 1 aliphatic carbocycles. The average molecular weight is 418 g/mol. The number of anilines is 1. The van der Waals surface area contributed by atoms with Crippen LogP contribution in [0.25, 0.3) is 22.2 Å². The number of carboxylic acids is 1. The average Bonchev–Trinajstić information content (AvgIpc) is 3.11. The summed E-state index contributed by atoms with van der Waals surface area (Å²) in [6.45, 7) is 0. The van der Waals surface area contributed by atoms with E-state index in [0.717, 1.165) is 31.0 Å². The van der Waals surface area contributed by atoms with E-state index in [4.69, 9.17) is 5.11 Å². The summed E-state index contributed by atoms with van der Waals surface area (Å²) in [5.74, 6) is -0.686. The van der Waals surface area contributed by atoms with Crippen LogP contribution in [0.4, 0.5) is 19.1 Å². The minimum absolute atomic E-state index is 0.0382. The van der Waals surface area contributed by atoms with Gasteiger partial charge < -0.3 is 15.4 Å². The van der Waals surface area contributed by atoms with Gasteiger partial charge in [0, 0.05) is 41.3 Å². The Kier molecular flexibility index (Phi) is 5.36. The Labute approximate surface area is 170 Å². The van der Waals surface area contributed by atoms with Crippen LogP contribution in [0.2, 0.25) is 0 Å². The number of hydrogen-bond donors (Lipinski definition) is 3. The molecule has 1 aromatic carbocycles. The number of carbonyl (C=O) groups is 1. The van der Waals surface area contributed by atoms with Crippen molar-refractivity contribution in [2.45, 2.75) is 44.3 Å². The number of carboxylic acid groups (broad SMARTS) is 1. The Morgan fingerprint density at radius 2 is 2.07 bits per heavy atom. The van der Waals surface area contributed by atoms with E-state index in [2.05, 4.69) is 20.3 Å². The summed E-state index contributed by atoms with van der Waals surface area (Å²) in [4.78, 5) is 22.1. The summed E-state index contributed by atoms with van der Waals surface area (Å²) in [7, 11) is 0. The third kappa shape index (κ3) is 4.24. The lowest BCUT2D eigenvalue weighted by atomic mass is 9.84. The first-order valence-electron chi connectivity index (χ1n) is 9.80. The van der Waals surface area contributed by atoms with Crippen molar-refractivity contribution in [3.05, 3.63) is 42.2 Å². The molecule has 0 aliphatic heterocycles. The van der Waals surface area contributed by atoms with E-state index in [1.54, 1.807) is 24.3 Å². The molecule has 4 rings (SSSR count). The molecule has 3 aromatic rings. The molecule has 1 aliphatic rings. The van der Waals surface area contributed by atoms with Gasteiger partial charge in [-0.25, -0.2) is 9.97 Å². The van der Waals surface area contributed by atoms with Crippen LogP contribution in [0.15, 0.2) is 36.7 Å². The lowest BCUT2D eigenvalue weighted by Crippen LogP contribution is -2.29. The van der Waals surface area contributed by atoms with Crippen molar-refractivity contribution in [2.24, 2.45) is 5.92 Å². The summed E-state index contributed by atoms with van der Waals surface area (Å²) in [5.41, 5.74) is -0.00569. The molecule has 0 radical (unpaired) electrons. The number of halogens is 3. The zero-order valence-corrected chi connectivity index (χ0v) is 16.0. The van der Waals surface area contributed by atoms with Crippen molar-refractivity contribution in [3.63, 3.8) is 0 Å². The maximum atomic E-state index is 13.6. The summed E-state index contributed by atoms with van der Waals surface area (Å²) < 4.78 is 40.9. The van der Waals surface area contributed by atoms with Gasteiger partial charge in [-0.15, -0.1) is 0 Å². The molecule has 0 bridgehead atoms. The van der Waals surface area contributed by atoms with Crippen molar-refractivity contribution >= 4 is 22.8 Å². The van der Waals surface area contributed by atoms with Crippen molar-refractivity contribution in [2.75, 3.05) is 5.32 Å². The zero-order valence-electron chi connectivity index (χ0n) is 16.0. The number of nitrogens with zero attached hydrogens (tertiary/aromatic N) is 2. The Balaban J connectivity index is 1.66. The van der Waals surface area contributed by atoms with Crippen molar-refractivity contribution in [1.29, 1.82) is 0 Å². The number of H-pyrrole nitrogens is 1. The molecule has 6 nitrogen and oxygen atoms in total. The van der Waals surface area contributed by atoms with Gasteiger partial charge in [-0.2, -0.15) is 13.2 Å². The maximum Gasteiger partial charge on any atom is 0.419 e. The molecule has 1 saturated carbocycles. The second kappa shape index (κ2) is 7.97. The molecular formula is C21H21F3N4O2. The van der Waals surface area contributed by atoms with Gasteiger partial charge in [-0.1, -0.05) is 24.6 Å². The quantitative estimate of drug-likeness (QED) is 0.537. The molecule has 2 aromatic heterocycles. The highest BCUT2D eigenvalue weighted by Crippen LogP contribution is 2.39. The highest BCUT2D eigenvalue weighted by atomic mass is 19.4. The summed E-state index contributed by atoms with van der Waals surface area (Å²) in [6.07, 6.45) is 0.933. The number of para-hydroxylation sites is 1. The monoisotopic (exact) mass is 418 g/mol. The van der Waals surface area contributed by atoms with Crippen LogP contribution in [0.5, 0.6) is 0 Å². The molecule has 9 heteroatoms. The number of alkyl halides is 3. The highest BCUT2D eigenvalue weighted by molar-refractivity contribution is 5.95. The Morgan fingerprint density at radius 3 is 2.83 bits per heavy atom. The van der Waals surface area contributed by atoms with Crippen LogP contribution in [-0.4, -0.2) is 32.1 Å². The second-order valence-electron chi connectivity index (χ2n) is 7.67. The zero-order chi connectivity index (χ0) is 21.3. The number of fused-ring (bicyclic) bond motifs is 1. The van der Waals surface area contributed by atoms with Gasteiger partial charge in [-0.05, 0) is 31.2 Å². The van der Waals surface area contributed by atoms with E-state index < -0.39 is 17.7 Å². The van der Waals surface area contributed by atoms with Crippen molar-refractivity contribution in [3.8, 4) is 11.3 Å². The van der Waals surface area contributed by atoms with E-state index in [1.807, 2.05) is 0 Å².